The van der Waals surface area contributed by atoms with Crippen LogP contribution in [0.3, 0.4) is 0 Å². The molecule has 0 saturated carbocycles. The van der Waals surface area contributed by atoms with E-state index in [1.807, 2.05) is 24.3 Å². The zero-order chi connectivity index (χ0) is 17.1. The number of thiocarbonyl (C=S) groups is 1. The number of hydrazone groups is 1. The number of hydrogen-bond acceptors (Lipinski definition) is 4. The quantitative estimate of drug-likeness (QED) is 0.405. The molecular formula is C17H10BrFN2OS2. The third-order valence-electron chi connectivity index (χ3n) is 3.16. The van der Waals surface area contributed by atoms with Crippen LogP contribution in [0, 0.1) is 5.82 Å². The molecule has 0 bridgehead atoms. The van der Waals surface area contributed by atoms with Crippen molar-refractivity contribution in [3.05, 3.63) is 74.9 Å². The van der Waals surface area contributed by atoms with E-state index in [1.54, 1.807) is 24.4 Å². The molecule has 1 aliphatic heterocycles. The highest BCUT2D eigenvalue weighted by Gasteiger charge is 2.32. The maximum Gasteiger partial charge on any atom is 0.286 e. The molecular weight excluding hydrogens is 411 g/mol. The van der Waals surface area contributed by atoms with Crippen LogP contribution >= 0.6 is 39.9 Å². The topological polar surface area (TPSA) is 32.7 Å². The van der Waals surface area contributed by atoms with E-state index in [1.165, 1.54) is 12.1 Å². The summed E-state index contributed by atoms with van der Waals surface area (Å²) in [5, 5.41) is 5.29. The number of rotatable bonds is 3. The minimum Gasteiger partial charge on any atom is -0.266 e. The van der Waals surface area contributed by atoms with Crippen LogP contribution < -0.4 is 0 Å². The fourth-order valence-corrected chi connectivity index (χ4v) is 3.39. The molecule has 1 saturated heterocycles. The number of amides is 1. The van der Waals surface area contributed by atoms with E-state index in [0.717, 1.165) is 26.8 Å². The lowest BCUT2D eigenvalue weighted by Gasteiger charge is -2.06. The molecule has 2 aromatic rings. The summed E-state index contributed by atoms with van der Waals surface area (Å²) < 4.78 is 15.0. The fraction of sp³-hybridized carbons (Fsp3) is 0. The molecule has 7 heteroatoms. The number of carbonyl (C=O) groups excluding carboxylic acids is 1. The van der Waals surface area contributed by atoms with Crippen LogP contribution in [0.2, 0.25) is 0 Å². The number of thioether (sulfide) groups is 1. The summed E-state index contributed by atoms with van der Waals surface area (Å²) in [6, 6.07) is 13.7. The van der Waals surface area contributed by atoms with Gasteiger partial charge in [-0.25, -0.2) is 4.39 Å². The van der Waals surface area contributed by atoms with Crippen LogP contribution in [0.4, 0.5) is 4.39 Å². The van der Waals surface area contributed by atoms with Gasteiger partial charge in [-0.3, -0.25) is 4.79 Å². The first-order chi connectivity index (χ1) is 11.5. The molecule has 1 aliphatic rings. The largest absolute Gasteiger partial charge is 0.286 e. The van der Waals surface area contributed by atoms with Gasteiger partial charge in [0.1, 0.15) is 5.82 Å². The summed E-state index contributed by atoms with van der Waals surface area (Å²) in [5.41, 5.74) is 1.18. The van der Waals surface area contributed by atoms with Gasteiger partial charge in [0.05, 0.1) is 11.1 Å². The van der Waals surface area contributed by atoms with Gasteiger partial charge >= 0.3 is 0 Å². The average molecular weight is 421 g/mol. The molecule has 0 unspecified atom stereocenters. The second-order valence-corrected chi connectivity index (χ2v) is 7.40. The Balaban J connectivity index is 1.82. The van der Waals surface area contributed by atoms with Crippen LogP contribution in [-0.4, -0.2) is 21.5 Å². The number of carbonyl (C=O) groups is 1. The van der Waals surface area contributed by atoms with E-state index in [0.29, 0.717) is 14.8 Å². The third kappa shape index (κ3) is 3.80. The highest BCUT2D eigenvalue weighted by Crippen LogP contribution is 2.33. The second kappa shape index (κ2) is 7.38. The number of hydrogen-bond donors (Lipinski definition) is 0. The van der Waals surface area contributed by atoms with Gasteiger partial charge in [0.25, 0.3) is 5.91 Å². The van der Waals surface area contributed by atoms with Gasteiger partial charge in [0, 0.05) is 10.0 Å². The molecule has 1 heterocycles. The summed E-state index contributed by atoms with van der Waals surface area (Å²) in [7, 11) is 0. The zero-order valence-corrected chi connectivity index (χ0v) is 15.4. The van der Waals surface area contributed by atoms with Crippen LogP contribution in [0.15, 0.2) is 63.0 Å². The summed E-state index contributed by atoms with van der Waals surface area (Å²) in [5.74, 6) is -0.747. The average Bonchev–Trinajstić information content (AvgIpc) is 2.83. The van der Waals surface area contributed by atoms with E-state index in [4.69, 9.17) is 12.2 Å². The summed E-state index contributed by atoms with van der Waals surface area (Å²) in [6.07, 6.45) is 3.05. The van der Waals surface area contributed by atoms with E-state index in [9.17, 15) is 9.18 Å². The van der Waals surface area contributed by atoms with Gasteiger partial charge in [0.15, 0.2) is 4.32 Å². The van der Waals surface area contributed by atoms with Crippen molar-refractivity contribution in [3.63, 3.8) is 0 Å². The lowest BCUT2D eigenvalue weighted by molar-refractivity contribution is -0.122. The van der Waals surface area contributed by atoms with Gasteiger partial charge in [-0.1, -0.05) is 58.0 Å². The van der Waals surface area contributed by atoms with Crippen molar-refractivity contribution in [1.29, 1.82) is 0 Å². The van der Waals surface area contributed by atoms with E-state index < -0.39 is 0 Å². The Kier molecular flexibility index (Phi) is 5.23. The van der Waals surface area contributed by atoms with Crippen molar-refractivity contribution >= 4 is 62.4 Å². The molecule has 0 atom stereocenters. The molecule has 24 heavy (non-hydrogen) atoms. The second-order valence-electron chi connectivity index (χ2n) is 4.81. The highest BCUT2D eigenvalue weighted by molar-refractivity contribution is 9.10. The molecule has 1 fully saturated rings. The Morgan fingerprint density at radius 1 is 1.17 bits per heavy atom. The van der Waals surface area contributed by atoms with Gasteiger partial charge in [0.2, 0.25) is 0 Å². The molecule has 0 aromatic heterocycles. The molecule has 0 spiro atoms. The maximum absolute atomic E-state index is 13.7. The molecule has 3 nitrogen and oxygen atoms in total. The number of benzene rings is 2. The number of halogens is 2. The molecule has 0 radical (unpaired) electrons. The van der Waals surface area contributed by atoms with E-state index in [2.05, 4.69) is 21.0 Å². The smallest absolute Gasteiger partial charge is 0.266 e. The van der Waals surface area contributed by atoms with Gasteiger partial charge in [-0.15, -0.1) is 0 Å². The molecule has 0 N–H and O–H groups in total. The first-order valence-electron chi connectivity index (χ1n) is 6.86. The lowest BCUT2D eigenvalue weighted by atomic mass is 10.2. The fourth-order valence-electron chi connectivity index (χ4n) is 1.97. The standard InChI is InChI=1S/C17H10BrFN2OS2/c18-13-7-5-11(6-8-13)10-20-21-16(22)15(24-17(21)23)9-12-3-1-2-4-14(12)19/h1-10H/b15-9+,20-10+. The summed E-state index contributed by atoms with van der Waals surface area (Å²) in [6.45, 7) is 0. The van der Waals surface area contributed by atoms with Crippen molar-refractivity contribution in [2.45, 2.75) is 0 Å². The predicted octanol–water partition coefficient (Wildman–Crippen LogP) is 4.82. The molecule has 1 amide bonds. The minimum atomic E-state index is -0.388. The van der Waals surface area contributed by atoms with Crippen molar-refractivity contribution in [3.8, 4) is 0 Å². The summed E-state index contributed by atoms with van der Waals surface area (Å²) in [4.78, 5) is 12.8. The van der Waals surface area contributed by atoms with Crippen LogP contribution in [-0.2, 0) is 4.79 Å². The SMILES string of the molecule is O=C1/C(=C\c2ccccc2F)SC(=S)N1/N=C/c1ccc(Br)cc1. The maximum atomic E-state index is 13.7. The number of nitrogens with zero attached hydrogens (tertiary/aromatic N) is 2. The Morgan fingerprint density at radius 2 is 1.88 bits per heavy atom. The molecule has 0 aliphatic carbocycles. The Morgan fingerprint density at radius 3 is 2.58 bits per heavy atom. The van der Waals surface area contributed by atoms with Crippen LogP contribution in [0.5, 0.6) is 0 Å². The predicted molar refractivity (Wildman–Crippen MR) is 103 cm³/mol. The van der Waals surface area contributed by atoms with Crippen molar-refractivity contribution in [2.24, 2.45) is 5.10 Å². The van der Waals surface area contributed by atoms with Crippen LogP contribution in [0.25, 0.3) is 6.08 Å². The Labute approximate surface area is 156 Å². The van der Waals surface area contributed by atoms with Crippen molar-refractivity contribution in [1.82, 2.24) is 5.01 Å². The van der Waals surface area contributed by atoms with Gasteiger partial charge < -0.3 is 0 Å². The molecule has 2 aromatic carbocycles. The highest BCUT2D eigenvalue weighted by atomic mass is 79.9. The Bertz CT molecular complexity index is 865. The van der Waals surface area contributed by atoms with Gasteiger partial charge in [-0.05, 0) is 42.1 Å². The molecule has 120 valence electrons. The third-order valence-corrected chi connectivity index (χ3v) is 4.97. The Hall–Kier alpha value is -1.83. The summed E-state index contributed by atoms with van der Waals surface area (Å²) >= 11 is 9.65. The first kappa shape index (κ1) is 17.0. The van der Waals surface area contributed by atoms with Gasteiger partial charge in [-0.2, -0.15) is 10.1 Å². The zero-order valence-electron chi connectivity index (χ0n) is 12.1. The monoisotopic (exact) mass is 420 g/mol. The normalized spacial score (nSPS) is 16.6. The van der Waals surface area contributed by atoms with E-state index in [-0.39, 0.29) is 11.7 Å². The van der Waals surface area contributed by atoms with Crippen molar-refractivity contribution in [2.75, 3.05) is 0 Å². The van der Waals surface area contributed by atoms with Crippen molar-refractivity contribution < 1.29 is 9.18 Å². The molecule has 3 rings (SSSR count). The van der Waals surface area contributed by atoms with E-state index >= 15 is 0 Å². The van der Waals surface area contributed by atoms with Crippen LogP contribution in [0.1, 0.15) is 11.1 Å². The first-order valence-corrected chi connectivity index (χ1v) is 8.88. The lowest BCUT2D eigenvalue weighted by Crippen LogP contribution is -2.22. The minimum absolute atomic E-state index is 0.316.